The van der Waals surface area contributed by atoms with Gasteiger partial charge in [0.25, 0.3) is 0 Å². The van der Waals surface area contributed by atoms with Gasteiger partial charge in [0.2, 0.25) is 0 Å². The highest BCUT2D eigenvalue weighted by Gasteiger charge is 2.22. The van der Waals surface area contributed by atoms with E-state index in [0.717, 1.165) is 5.56 Å². The van der Waals surface area contributed by atoms with E-state index in [4.69, 9.17) is 5.11 Å². The molecule has 2 heterocycles. The number of nitrogens with one attached hydrogen (secondary N) is 2. The zero-order chi connectivity index (χ0) is 14.4. The Morgan fingerprint density at radius 1 is 1.35 bits per heavy atom. The van der Waals surface area contributed by atoms with Gasteiger partial charge in [-0.25, -0.2) is 9.59 Å². The number of aromatic nitrogens is 1. The van der Waals surface area contributed by atoms with Gasteiger partial charge in [-0.3, -0.25) is 4.98 Å². The molecule has 0 bridgehead atoms. The van der Waals surface area contributed by atoms with Crippen LogP contribution in [0.25, 0.3) is 0 Å². The molecule has 6 nitrogen and oxygen atoms in total. The van der Waals surface area contributed by atoms with Gasteiger partial charge in [-0.2, -0.15) is 0 Å². The van der Waals surface area contributed by atoms with Crippen LogP contribution < -0.4 is 10.6 Å². The number of nitrogens with zero attached hydrogens (tertiary/aromatic N) is 1. The Kier molecular flexibility index (Phi) is 4.67. The zero-order valence-corrected chi connectivity index (χ0v) is 11.3. The van der Waals surface area contributed by atoms with Crippen LogP contribution in [-0.2, 0) is 11.3 Å². The number of hydrogen-bond acceptors (Lipinski definition) is 4. The number of amides is 2. The number of carboxylic acid groups (broad SMARTS) is 1. The number of pyridine rings is 1. The van der Waals surface area contributed by atoms with Gasteiger partial charge in [-0.1, -0.05) is 12.1 Å². The van der Waals surface area contributed by atoms with Crippen LogP contribution in [0, 0.1) is 0 Å². The smallest absolute Gasteiger partial charge is 0.331 e. The molecule has 0 aliphatic carbocycles. The quantitative estimate of drug-likeness (QED) is 0.783. The molecule has 0 saturated heterocycles. The number of carbonyl (C=O) groups excluding carboxylic acids is 1. The number of urea groups is 1. The molecule has 2 amide bonds. The first-order chi connectivity index (χ1) is 9.66. The lowest BCUT2D eigenvalue weighted by Gasteiger charge is -2.13. The summed E-state index contributed by atoms with van der Waals surface area (Å²) in [5.74, 6) is -1.09. The molecule has 2 aromatic heterocycles. The molecule has 0 aliphatic heterocycles. The van der Waals surface area contributed by atoms with Gasteiger partial charge in [0.15, 0.2) is 6.04 Å². The Morgan fingerprint density at radius 3 is 2.80 bits per heavy atom. The van der Waals surface area contributed by atoms with Crippen LogP contribution in [-0.4, -0.2) is 22.1 Å². The van der Waals surface area contributed by atoms with E-state index in [1.807, 2.05) is 6.07 Å². The molecule has 1 unspecified atom stereocenters. The van der Waals surface area contributed by atoms with Gasteiger partial charge < -0.3 is 15.7 Å². The van der Waals surface area contributed by atoms with E-state index < -0.39 is 18.0 Å². The Bertz CT molecular complexity index is 572. The van der Waals surface area contributed by atoms with Gasteiger partial charge in [0.05, 0.1) is 0 Å². The molecule has 20 heavy (non-hydrogen) atoms. The lowest BCUT2D eigenvalue weighted by molar-refractivity contribution is -0.139. The van der Waals surface area contributed by atoms with Crippen molar-refractivity contribution in [1.29, 1.82) is 0 Å². The first-order valence-corrected chi connectivity index (χ1v) is 6.74. The van der Waals surface area contributed by atoms with Crippen molar-refractivity contribution in [2.75, 3.05) is 0 Å². The van der Waals surface area contributed by atoms with Gasteiger partial charge in [0.1, 0.15) is 0 Å². The van der Waals surface area contributed by atoms with Crippen molar-refractivity contribution < 1.29 is 14.7 Å². The minimum absolute atomic E-state index is 0.288. The van der Waals surface area contributed by atoms with Gasteiger partial charge in [-0.15, -0.1) is 11.3 Å². The van der Waals surface area contributed by atoms with Crippen LogP contribution in [0.3, 0.4) is 0 Å². The van der Waals surface area contributed by atoms with Crippen molar-refractivity contribution in [3.63, 3.8) is 0 Å². The summed E-state index contributed by atoms with van der Waals surface area (Å²) in [4.78, 5) is 27.4. The second-order valence-corrected chi connectivity index (χ2v) is 4.95. The number of aliphatic carboxylic acids is 1. The topological polar surface area (TPSA) is 91.3 Å². The van der Waals surface area contributed by atoms with Crippen molar-refractivity contribution in [2.24, 2.45) is 0 Å². The molecule has 7 heteroatoms. The Morgan fingerprint density at radius 2 is 2.20 bits per heavy atom. The predicted octanol–water partition coefficient (Wildman–Crippen LogP) is 1.77. The minimum Gasteiger partial charge on any atom is -0.479 e. The molecule has 0 fully saturated rings. The first kappa shape index (κ1) is 14.0. The minimum atomic E-state index is -1.09. The highest BCUT2D eigenvalue weighted by atomic mass is 32.1. The van der Waals surface area contributed by atoms with E-state index in [2.05, 4.69) is 15.6 Å². The highest BCUT2D eigenvalue weighted by Crippen LogP contribution is 2.18. The standard InChI is InChI=1S/C13H13N3O3S/c17-12(18)11(10-4-2-6-20-10)16-13(19)15-8-9-3-1-5-14-7-9/h1-7,11H,8H2,(H,17,18)(H2,15,16,19). The fourth-order valence-corrected chi connectivity index (χ4v) is 2.34. The lowest BCUT2D eigenvalue weighted by atomic mass is 10.2. The normalized spacial score (nSPS) is 11.6. The Hall–Kier alpha value is -2.41. The van der Waals surface area contributed by atoms with Crippen molar-refractivity contribution >= 4 is 23.3 Å². The summed E-state index contributed by atoms with van der Waals surface area (Å²) in [6.45, 7) is 0.288. The Balaban J connectivity index is 1.91. The third-order valence-electron chi connectivity index (χ3n) is 2.53. The van der Waals surface area contributed by atoms with Crippen LogP contribution in [0.15, 0.2) is 42.0 Å². The van der Waals surface area contributed by atoms with Gasteiger partial charge in [0, 0.05) is 23.8 Å². The maximum atomic E-state index is 11.7. The number of thiophene rings is 1. The van der Waals surface area contributed by atoms with Gasteiger partial charge >= 0.3 is 12.0 Å². The van der Waals surface area contributed by atoms with E-state index in [9.17, 15) is 9.59 Å². The lowest BCUT2D eigenvalue weighted by Crippen LogP contribution is -2.40. The number of carboxylic acids is 1. The number of rotatable bonds is 5. The molecule has 0 radical (unpaired) electrons. The summed E-state index contributed by atoms with van der Waals surface area (Å²) < 4.78 is 0. The van der Waals surface area contributed by atoms with Crippen molar-refractivity contribution in [3.8, 4) is 0 Å². The highest BCUT2D eigenvalue weighted by molar-refractivity contribution is 7.10. The molecule has 0 saturated carbocycles. The first-order valence-electron chi connectivity index (χ1n) is 5.86. The Labute approximate surface area is 119 Å². The maximum Gasteiger partial charge on any atom is 0.331 e. The molecule has 0 spiro atoms. The monoisotopic (exact) mass is 291 g/mol. The average Bonchev–Trinajstić information content (AvgIpc) is 2.97. The van der Waals surface area contributed by atoms with E-state index >= 15 is 0 Å². The van der Waals surface area contributed by atoms with Crippen molar-refractivity contribution in [3.05, 3.63) is 52.5 Å². The molecular weight excluding hydrogens is 278 g/mol. The summed E-state index contributed by atoms with van der Waals surface area (Å²) in [5.41, 5.74) is 0.839. The molecular formula is C13H13N3O3S. The van der Waals surface area contributed by atoms with Gasteiger partial charge in [-0.05, 0) is 23.1 Å². The van der Waals surface area contributed by atoms with E-state index in [-0.39, 0.29) is 6.54 Å². The third-order valence-corrected chi connectivity index (χ3v) is 3.46. The summed E-state index contributed by atoms with van der Waals surface area (Å²) >= 11 is 1.28. The maximum absolute atomic E-state index is 11.7. The molecule has 0 aliphatic rings. The third kappa shape index (κ3) is 3.79. The van der Waals surface area contributed by atoms with Crippen LogP contribution >= 0.6 is 11.3 Å². The second kappa shape index (κ2) is 6.67. The number of carbonyl (C=O) groups is 2. The van der Waals surface area contributed by atoms with Crippen LogP contribution in [0.4, 0.5) is 4.79 Å². The molecule has 3 N–H and O–H groups in total. The second-order valence-electron chi connectivity index (χ2n) is 3.97. The fraction of sp³-hybridized carbons (Fsp3) is 0.154. The molecule has 0 aromatic carbocycles. The summed E-state index contributed by atoms with van der Waals surface area (Å²) in [6, 6.07) is 5.43. The summed E-state index contributed by atoms with van der Waals surface area (Å²) in [6.07, 6.45) is 3.27. The molecule has 2 rings (SSSR count). The largest absolute Gasteiger partial charge is 0.479 e. The van der Waals surface area contributed by atoms with Crippen molar-refractivity contribution in [1.82, 2.24) is 15.6 Å². The van der Waals surface area contributed by atoms with E-state index in [1.54, 1.807) is 36.0 Å². The fourth-order valence-electron chi connectivity index (χ4n) is 1.58. The SMILES string of the molecule is O=C(NCc1cccnc1)NC(C(=O)O)c1cccs1. The molecule has 104 valence electrons. The predicted molar refractivity (Wildman–Crippen MR) is 74.3 cm³/mol. The summed E-state index contributed by atoms with van der Waals surface area (Å²) in [7, 11) is 0. The summed E-state index contributed by atoms with van der Waals surface area (Å²) in [5, 5.41) is 15.9. The molecule has 2 aromatic rings. The van der Waals surface area contributed by atoms with Crippen LogP contribution in [0.2, 0.25) is 0 Å². The average molecular weight is 291 g/mol. The molecule has 1 atom stereocenters. The van der Waals surface area contributed by atoms with E-state index in [0.29, 0.717) is 4.88 Å². The number of hydrogen-bond donors (Lipinski definition) is 3. The van der Waals surface area contributed by atoms with Crippen LogP contribution in [0.5, 0.6) is 0 Å². The van der Waals surface area contributed by atoms with Crippen LogP contribution in [0.1, 0.15) is 16.5 Å². The van der Waals surface area contributed by atoms with E-state index in [1.165, 1.54) is 11.3 Å². The zero-order valence-electron chi connectivity index (χ0n) is 10.4. The van der Waals surface area contributed by atoms with Crippen molar-refractivity contribution in [2.45, 2.75) is 12.6 Å².